The molecule has 1 aromatic carbocycles. The van der Waals surface area contributed by atoms with E-state index < -0.39 is 5.97 Å². The topological polar surface area (TPSA) is 103 Å². The van der Waals surface area contributed by atoms with Gasteiger partial charge in [-0.15, -0.1) is 0 Å². The molecule has 3 rings (SSSR count). The smallest absolute Gasteiger partial charge is 0.326 e. The van der Waals surface area contributed by atoms with Crippen LogP contribution in [0.1, 0.15) is 11.7 Å². The fraction of sp³-hybridized carbons (Fsp3) is 0.235. The molecule has 0 bridgehead atoms. The minimum atomic E-state index is -0.493. The van der Waals surface area contributed by atoms with Crippen molar-refractivity contribution in [3.05, 3.63) is 60.3 Å². The maximum absolute atomic E-state index is 12.8. The number of carbonyl (C=O) groups is 1. The molecular weight excluding hydrogens is 357 g/mol. The Bertz CT molecular complexity index is 873. The summed E-state index contributed by atoms with van der Waals surface area (Å²) in [6, 6.07) is 7.24. The molecule has 2 aromatic heterocycles. The molecule has 0 spiro atoms. The van der Waals surface area contributed by atoms with Crippen LogP contribution < -0.4 is 9.64 Å². The van der Waals surface area contributed by atoms with Crippen molar-refractivity contribution in [3.8, 4) is 5.75 Å². The van der Waals surface area contributed by atoms with Gasteiger partial charge in [0.1, 0.15) is 18.1 Å². The van der Waals surface area contributed by atoms with Gasteiger partial charge < -0.3 is 18.9 Å². The Hall–Kier alpha value is -3.56. The first-order valence-corrected chi connectivity index (χ1v) is 7.94. The summed E-state index contributed by atoms with van der Waals surface area (Å²) < 4.78 is 28.3. The van der Waals surface area contributed by atoms with E-state index in [2.05, 4.69) is 20.1 Å². The summed E-state index contributed by atoms with van der Waals surface area (Å²) in [5.41, 5.74) is 0. The molecule has 10 heteroatoms. The first kappa shape index (κ1) is 18.2. The number of aromatic nitrogens is 4. The lowest BCUT2D eigenvalue weighted by Crippen LogP contribution is -2.28. The van der Waals surface area contributed by atoms with Crippen molar-refractivity contribution >= 4 is 11.9 Å². The Morgan fingerprint density at radius 2 is 1.93 bits per heavy atom. The van der Waals surface area contributed by atoms with Crippen LogP contribution in [0, 0.1) is 5.82 Å². The Labute approximate surface area is 153 Å². The number of benzene rings is 1. The van der Waals surface area contributed by atoms with Crippen molar-refractivity contribution in [2.75, 3.05) is 18.5 Å². The molecule has 0 unspecified atom stereocenters. The van der Waals surface area contributed by atoms with Crippen LogP contribution in [0.4, 0.5) is 10.3 Å². The lowest BCUT2D eigenvalue weighted by atomic mass is 10.3. The van der Waals surface area contributed by atoms with Gasteiger partial charge in [-0.25, -0.2) is 14.4 Å². The number of likely N-dealkylation sites (N-methyl/N-ethyl adjacent to an activating group) is 1. The Morgan fingerprint density at radius 3 is 2.67 bits per heavy atom. The second-order valence-corrected chi connectivity index (χ2v) is 5.41. The predicted octanol–water partition coefficient (Wildman–Crippen LogP) is 1.76. The molecule has 0 atom stereocenters. The second kappa shape index (κ2) is 8.70. The molecule has 140 valence electrons. The highest BCUT2D eigenvalue weighted by Crippen LogP contribution is 2.12. The molecule has 0 aliphatic heterocycles. The summed E-state index contributed by atoms with van der Waals surface area (Å²) in [6.45, 7) is -0.151. The number of hydrogen-bond acceptors (Lipinski definition) is 9. The SMILES string of the molecule is CN(CC(=O)OCc1nc(COc2ccc(F)cc2)no1)c1ncccn1. The molecule has 2 heterocycles. The second-order valence-electron chi connectivity index (χ2n) is 5.41. The number of esters is 1. The lowest BCUT2D eigenvalue weighted by molar-refractivity contribution is -0.144. The number of halogens is 1. The van der Waals surface area contributed by atoms with Crippen LogP contribution in [-0.2, 0) is 22.7 Å². The van der Waals surface area contributed by atoms with Gasteiger partial charge in [0.2, 0.25) is 11.8 Å². The molecule has 0 aliphatic carbocycles. The molecule has 0 amide bonds. The summed E-state index contributed by atoms with van der Waals surface area (Å²) in [4.78, 5) is 25.6. The van der Waals surface area contributed by atoms with Gasteiger partial charge >= 0.3 is 5.97 Å². The van der Waals surface area contributed by atoms with Gasteiger partial charge in [-0.2, -0.15) is 4.98 Å². The van der Waals surface area contributed by atoms with Gasteiger partial charge in [0.25, 0.3) is 5.89 Å². The van der Waals surface area contributed by atoms with E-state index in [4.69, 9.17) is 14.0 Å². The van der Waals surface area contributed by atoms with Gasteiger partial charge in [-0.1, -0.05) is 5.16 Å². The van der Waals surface area contributed by atoms with Gasteiger partial charge in [0.05, 0.1) is 0 Å². The highest BCUT2D eigenvalue weighted by atomic mass is 19.1. The Morgan fingerprint density at radius 1 is 1.19 bits per heavy atom. The predicted molar refractivity (Wildman–Crippen MR) is 90.1 cm³/mol. The standard InChI is InChI=1S/C17H16FN5O4/c1-23(17-19-7-2-8-20-17)9-16(24)26-11-15-21-14(22-27-15)10-25-13-5-3-12(18)4-6-13/h2-8H,9-11H2,1H3. The van der Waals surface area contributed by atoms with Crippen molar-refractivity contribution in [3.63, 3.8) is 0 Å². The zero-order valence-electron chi connectivity index (χ0n) is 14.4. The highest BCUT2D eigenvalue weighted by molar-refractivity contribution is 5.74. The average Bonchev–Trinajstić information content (AvgIpc) is 3.14. The summed E-state index contributed by atoms with van der Waals surface area (Å²) in [5, 5.41) is 3.73. The maximum Gasteiger partial charge on any atom is 0.326 e. The number of ether oxygens (including phenoxy) is 2. The highest BCUT2D eigenvalue weighted by Gasteiger charge is 2.13. The van der Waals surface area contributed by atoms with Gasteiger partial charge in [-0.3, -0.25) is 4.79 Å². The first-order valence-electron chi connectivity index (χ1n) is 7.94. The van der Waals surface area contributed by atoms with Crippen molar-refractivity contribution in [2.24, 2.45) is 0 Å². The third-order valence-electron chi connectivity index (χ3n) is 3.31. The number of carbonyl (C=O) groups excluding carboxylic acids is 1. The molecule has 0 saturated carbocycles. The van der Waals surface area contributed by atoms with Crippen LogP contribution in [-0.4, -0.2) is 39.7 Å². The van der Waals surface area contributed by atoms with Gasteiger partial charge in [-0.05, 0) is 30.3 Å². The van der Waals surface area contributed by atoms with E-state index in [-0.39, 0.29) is 37.3 Å². The minimum Gasteiger partial charge on any atom is -0.485 e. The number of hydrogen-bond donors (Lipinski definition) is 0. The van der Waals surface area contributed by atoms with E-state index in [0.717, 1.165) is 0 Å². The van der Waals surface area contributed by atoms with Crippen molar-refractivity contribution < 1.29 is 23.2 Å². The molecule has 0 fully saturated rings. The van der Waals surface area contributed by atoms with E-state index in [0.29, 0.717) is 11.7 Å². The molecule has 0 N–H and O–H groups in total. The largest absolute Gasteiger partial charge is 0.485 e. The summed E-state index contributed by atoms with van der Waals surface area (Å²) >= 11 is 0. The maximum atomic E-state index is 12.8. The lowest BCUT2D eigenvalue weighted by Gasteiger charge is -2.14. The van der Waals surface area contributed by atoms with Crippen LogP contribution in [0.3, 0.4) is 0 Å². The van der Waals surface area contributed by atoms with E-state index in [1.54, 1.807) is 30.4 Å². The fourth-order valence-corrected chi connectivity index (χ4v) is 2.03. The van der Waals surface area contributed by atoms with E-state index in [1.807, 2.05) is 0 Å². The van der Waals surface area contributed by atoms with E-state index in [1.165, 1.54) is 24.3 Å². The average molecular weight is 373 g/mol. The summed E-state index contributed by atoms with van der Waals surface area (Å²) in [7, 11) is 1.67. The molecule has 9 nitrogen and oxygen atoms in total. The third-order valence-corrected chi connectivity index (χ3v) is 3.31. The summed E-state index contributed by atoms with van der Waals surface area (Å²) in [6.07, 6.45) is 3.16. The van der Waals surface area contributed by atoms with Crippen LogP contribution in [0.15, 0.2) is 47.2 Å². The number of anilines is 1. The number of nitrogens with zero attached hydrogens (tertiary/aromatic N) is 5. The molecule has 27 heavy (non-hydrogen) atoms. The summed E-state index contributed by atoms with van der Waals surface area (Å²) in [5.74, 6) is 0.454. The minimum absolute atomic E-state index is 0.0291. The Kier molecular flexibility index (Phi) is 5.87. The van der Waals surface area contributed by atoms with Crippen LogP contribution in [0.25, 0.3) is 0 Å². The van der Waals surface area contributed by atoms with Crippen molar-refractivity contribution in [2.45, 2.75) is 13.2 Å². The Balaban J connectivity index is 1.43. The zero-order chi connectivity index (χ0) is 19.1. The van der Waals surface area contributed by atoms with Crippen molar-refractivity contribution in [1.82, 2.24) is 20.1 Å². The fourth-order valence-electron chi connectivity index (χ4n) is 2.03. The van der Waals surface area contributed by atoms with Gasteiger partial charge in [0.15, 0.2) is 13.2 Å². The molecule has 0 aliphatic rings. The zero-order valence-corrected chi connectivity index (χ0v) is 14.4. The monoisotopic (exact) mass is 373 g/mol. The quantitative estimate of drug-likeness (QED) is 0.546. The number of rotatable bonds is 8. The third kappa shape index (κ3) is 5.46. The molecule has 0 saturated heterocycles. The van der Waals surface area contributed by atoms with E-state index in [9.17, 15) is 9.18 Å². The van der Waals surface area contributed by atoms with Crippen molar-refractivity contribution in [1.29, 1.82) is 0 Å². The van der Waals surface area contributed by atoms with Crippen LogP contribution in [0.5, 0.6) is 5.75 Å². The van der Waals surface area contributed by atoms with E-state index >= 15 is 0 Å². The van der Waals surface area contributed by atoms with Crippen LogP contribution >= 0.6 is 0 Å². The first-order chi connectivity index (χ1) is 13.1. The van der Waals surface area contributed by atoms with Crippen LogP contribution in [0.2, 0.25) is 0 Å². The van der Waals surface area contributed by atoms with Gasteiger partial charge in [0, 0.05) is 19.4 Å². The molecule has 0 radical (unpaired) electrons. The normalized spacial score (nSPS) is 10.4. The molecular formula is C17H16FN5O4. The molecule has 3 aromatic rings.